The lowest BCUT2D eigenvalue weighted by Gasteiger charge is -2.33. The van der Waals surface area contributed by atoms with Crippen molar-refractivity contribution in [2.24, 2.45) is 5.18 Å². The third-order valence-corrected chi connectivity index (χ3v) is 3.55. The maximum atomic E-state index is 10.4. The van der Waals surface area contributed by atoms with Crippen LogP contribution in [0.1, 0.15) is 36.5 Å². The Hall–Kier alpha value is -1.38. The van der Waals surface area contributed by atoms with Gasteiger partial charge in [0, 0.05) is 18.8 Å². The summed E-state index contributed by atoms with van der Waals surface area (Å²) in [5.74, 6) is 0. The highest BCUT2D eigenvalue weighted by atomic mass is 16.3. The highest BCUT2D eigenvalue weighted by Crippen LogP contribution is 2.33. The fourth-order valence-electron chi connectivity index (χ4n) is 2.75. The molecule has 0 unspecified atom stereocenters. The Bertz CT molecular complexity index is 415. The van der Waals surface area contributed by atoms with Crippen LogP contribution in [0.3, 0.4) is 0 Å². The van der Waals surface area contributed by atoms with Crippen molar-refractivity contribution in [1.82, 2.24) is 0 Å². The maximum absolute atomic E-state index is 10.4. The summed E-state index contributed by atoms with van der Waals surface area (Å²) in [6, 6.07) is 4.23. The van der Waals surface area contributed by atoms with Crippen molar-refractivity contribution in [3.8, 4) is 0 Å². The minimum absolute atomic E-state index is 0.291. The molecular formula is C14H20N2O. The van der Waals surface area contributed by atoms with Gasteiger partial charge in [-0.15, -0.1) is 0 Å². The number of hydrogen-bond donors (Lipinski definition) is 0. The van der Waals surface area contributed by atoms with Gasteiger partial charge in [-0.25, -0.2) is 0 Å². The van der Waals surface area contributed by atoms with Crippen LogP contribution in [0.25, 0.3) is 0 Å². The van der Waals surface area contributed by atoms with Crippen LogP contribution in [-0.2, 0) is 13.0 Å². The minimum Gasteiger partial charge on any atom is -0.371 e. The van der Waals surface area contributed by atoms with Crippen molar-refractivity contribution in [3.63, 3.8) is 0 Å². The molecule has 0 bridgehead atoms. The Balaban J connectivity index is 2.41. The van der Waals surface area contributed by atoms with Gasteiger partial charge in [0.05, 0.1) is 0 Å². The van der Waals surface area contributed by atoms with Gasteiger partial charge in [-0.1, -0.05) is 24.2 Å². The zero-order valence-electron chi connectivity index (χ0n) is 10.7. The van der Waals surface area contributed by atoms with Gasteiger partial charge < -0.3 is 4.90 Å². The fraction of sp³-hybridized carbons (Fsp3) is 0.571. The van der Waals surface area contributed by atoms with E-state index in [-0.39, 0.29) is 0 Å². The van der Waals surface area contributed by atoms with Crippen LogP contribution in [0.4, 0.5) is 5.69 Å². The van der Waals surface area contributed by atoms with Gasteiger partial charge in [-0.3, -0.25) is 0 Å². The van der Waals surface area contributed by atoms with Crippen molar-refractivity contribution < 1.29 is 0 Å². The van der Waals surface area contributed by atoms with E-state index >= 15 is 0 Å². The predicted octanol–water partition coefficient (Wildman–Crippen LogP) is 3.42. The van der Waals surface area contributed by atoms with E-state index in [1.807, 2.05) is 0 Å². The van der Waals surface area contributed by atoms with Crippen LogP contribution in [0.15, 0.2) is 17.3 Å². The molecule has 0 N–H and O–H groups in total. The largest absolute Gasteiger partial charge is 0.371 e. The summed E-state index contributed by atoms with van der Waals surface area (Å²) in [4.78, 5) is 12.9. The summed E-state index contributed by atoms with van der Waals surface area (Å²) >= 11 is 0. The van der Waals surface area contributed by atoms with Gasteiger partial charge in [-0.2, -0.15) is 4.91 Å². The van der Waals surface area contributed by atoms with E-state index in [2.05, 4.69) is 36.1 Å². The number of nitrogens with zero attached hydrogens (tertiary/aromatic N) is 2. The highest BCUT2D eigenvalue weighted by Gasteiger charge is 2.19. The summed E-state index contributed by atoms with van der Waals surface area (Å²) in [6.45, 7) is 6.86. The first-order valence-corrected chi connectivity index (χ1v) is 6.43. The molecule has 0 aromatic heterocycles. The molecule has 3 heteroatoms. The molecule has 1 aliphatic heterocycles. The summed E-state index contributed by atoms with van der Waals surface area (Å²) in [5.41, 5.74) is 5.10. The molecule has 1 aromatic carbocycles. The van der Waals surface area contributed by atoms with E-state index in [1.165, 1.54) is 23.2 Å². The Morgan fingerprint density at radius 2 is 2.24 bits per heavy atom. The summed E-state index contributed by atoms with van der Waals surface area (Å²) < 4.78 is 0. The summed E-state index contributed by atoms with van der Waals surface area (Å²) in [6.07, 6.45) is 3.55. The first kappa shape index (κ1) is 12.1. The van der Waals surface area contributed by atoms with E-state index in [0.717, 1.165) is 31.5 Å². The SMILES string of the molecule is CCCN1CCCc2ccc(CN=O)c(C)c21. The van der Waals surface area contributed by atoms with E-state index in [0.29, 0.717) is 6.54 Å². The second kappa shape index (κ2) is 5.30. The predicted molar refractivity (Wildman–Crippen MR) is 71.5 cm³/mol. The zero-order chi connectivity index (χ0) is 12.3. The second-order valence-corrected chi connectivity index (χ2v) is 4.74. The minimum atomic E-state index is 0.291. The lowest BCUT2D eigenvalue weighted by molar-refractivity contribution is 0.677. The van der Waals surface area contributed by atoms with Gasteiger partial charge in [0.15, 0.2) is 0 Å². The highest BCUT2D eigenvalue weighted by molar-refractivity contribution is 5.63. The monoisotopic (exact) mass is 232 g/mol. The number of aryl methyl sites for hydroxylation is 1. The third kappa shape index (κ3) is 2.33. The number of fused-ring (bicyclic) bond motifs is 1. The quantitative estimate of drug-likeness (QED) is 0.745. The summed E-state index contributed by atoms with van der Waals surface area (Å²) in [7, 11) is 0. The van der Waals surface area contributed by atoms with Gasteiger partial charge >= 0.3 is 0 Å². The van der Waals surface area contributed by atoms with Crippen LogP contribution in [-0.4, -0.2) is 13.1 Å². The average Bonchev–Trinajstić information content (AvgIpc) is 2.33. The number of anilines is 1. The molecule has 1 aromatic rings. The maximum Gasteiger partial charge on any atom is 0.106 e. The Kier molecular flexibility index (Phi) is 3.77. The fourth-order valence-corrected chi connectivity index (χ4v) is 2.75. The molecule has 17 heavy (non-hydrogen) atoms. The van der Waals surface area contributed by atoms with Crippen molar-refractivity contribution in [1.29, 1.82) is 0 Å². The molecule has 0 atom stereocenters. The molecule has 1 aliphatic rings. The molecule has 3 nitrogen and oxygen atoms in total. The smallest absolute Gasteiger partial charge is 0.106 e. The van der Waals surface area contributed by atoms with Crippen LogP contribution >= 0.6 is 0 Å². The van der Waals surface area contributed by atoms with Crippen molar-refractivity contribution in [3.05, 3.63) is 33.7 Å². The molecular weight excluding hydrogens is 212 g/mol. The van der Waals surface area contributed by atoms with E-state index in [1.54, 1.807) is 0 Å². The van der Waals surface area contributed by atoms with Crippen LogP contribution in [0.5, 0.6) is 0 Å². The van der Waals surface area contributed by atoms with Gasteiger partial charge in [0.25, 0.3) is 0 Å². The first-order chi connectivity index (χ1) is 8.27. The van der Waals surface area contributed by atoms with E-state index < -0.39 is 0 Å². The second-order valence-electron chi connectivity index (χ2n) is 4.74. The normalized spacial score (nSPS) is 14.6. The standard InChI is InChI=1S/C14H20N2O/c1-3-8-16-9-4-5-12-6-7-13(10-15-17)11(2)14(12)16/h6-7H,3-5,8-10H2,1-2H3. The average molecular weight is 232 g/mol. The van der Waals surface area contributed by atoms with Crippen LogP contribution in [0.2, 0.25) is 0 Å². The first-order valence-electron chi connectivity index (χ1n) is 6.43. The molecule has 0 radical (unpaired) electrons. The summed E-state index contributed by atoms with van der Waals surface area (Å²) in [5, 5.41) is 3.02. The van der Waals surface area contributed by atoms with Crippen molar-refractivity contribution in [2.75, 3.05) is 18.0 Å². The molecule has 1 heterocycles. The number of nitroso groups, excluding NO2 is 1. The van der Waals surface area contributed by atoms with Gasteiger partial charge in [0.1, 0.15) is 6.54 Å². The van der Waals surface area contributed by atoms with Gasteiger partial charge in [-0.05, 0) is 42.9 Å². The number of benzene rings is 1. The Morgan fingerprint density at radius 1 is 1.41 bits per heavy atom. The number of hydrogen-bond acceptors (Lipinski definition) is 3. The Labute approximate surface area is 103 Å². The molecule has 0 amide bonds. The zero-order valence-corrected chi connectivity index (χ0v) is 10.7. The third-order valence-electron chi connectivity index (χ3n) is 3.55. The topological polar surface area (TPSA) is 32.7 Å². The lowest BCUT2D eigenvalue weighted by Crippen LogP contribution is -2.31. The molecule has 0 aliphatic carbocycles. The van der Waals surface area contributed by atoms with Crippen LogP contribution < -0.4 is 4.90 Å². The molecule has 92 valence electrons. The van der Waals surface area contributed by atoms with Crippen LogP contribution in [0, 0.1) is 11.8 Å². The molecule has 0 fully saturated rings. The van der Waals surface area contributed by atoms with Crippen molar-refractivity contribution in [2.45, 2.75) is 39.7 Å². The Morgan fingerprint density at radius 3 is 2.94 bits per heavy atom. The van der Waals surface area contributed by atoms with E-state index in [4.69, 9.17) is 0 Å². The molecule has 0 saturated carbocycles. The lowest BCUT2D eigenvalue weighted by atomic mass is 9.94. The molecule has 0 spiro atoms. The molecule has 0 saturated heterocycles. The molecule has 2 rings (SSSR count). The van der Waals surface area contributed by atoms with Crippen molar-refractivity contribution >= 4 is 5.69 Å². The van der Waals surface area contributed by atoms with E-state index in [9.17, 15) is 4.91 Å². The van der Waals surface area contributed by atoms with Gasteiger partial charge in [0.2, 0.25) is 0 Å². The number of rotatable bonds is 4.